The number of rotatable bonds is 8. The van der Waals surface area contributed by atoms with Crippen LogP contribution in [-0.2, 0) is 19.0 Å². The number of ether oxygens (including phenoxy) is 3. The molecule has 0 heterocycles. The van der Waals surface area contributed by atoms with Crippen molar-refractivity contribution in [3.63, 3.8) is 0 Å². The Morgan fingerprint density at radius 3 is 1.75 bits per heavy atom. The number of hydrogen-bond donors (Lipinski definition) is 0. The van der Waals surface area contributed by atoms with Crippen molar-refractivity contribution in [3.05, 3.63) is 0 Å². The molecule has 0 amide bonds. The Morgan fingerprint density at radius 1 is 0.900 bits per heavy atom. The Balaban J connectivity index is 4.99. The summed E-state index contributed by atoms with van der Waals surface area (Å²) in [6.45, 7) is 14.6. The lowest BCUT2D eigenvalue weighted by Crippen LogP contribution is -2.45. The van der Waals surface area contributed by atoms with Crippen LogP contribution >= 0.6 is 0 Å². The number of methoxy groups -OCH3 is 1. The third-order valence-electron chi connectivity index (χ3n) is 3.67. The number of esters is 1. The van der Waals surface area contributed by atoms with E-state index >= 15 is 0 Å². The normalized spacial score (nSPS) is 15.8. The lowest BCUT2D eigenvalue weighted by Gasteiger charge is -2.35. The van der Waals surface area contributed by atoms with E-state index in [1.54, 1.807) is 0 Å². The summed E-state index contributed by atoms with van der Waals surface area (Å²) in [6.07, 6.45) is 1.50. The van der Waals surface area contributed by atoms with Gasteiger partial charge in [-0.15, -0.1) is 0 Å². The van der Waals surface area contributed by atoms with Crippen molar-refractivity contribution >= 4 is 5.97 Å². The molecule has 0 aromatic heterocycles. The topological polar surface area (TPSA) is 44.8 Å². The average Bonchev–Trinajstić information content (AvgIpc) is 2.37. The first kappa shape index (κ1) is 19.4. The summed E-state index contributed by atoms with van der Waals surface area (Å²) in [7, 11) is 1.41. The third-order valence-corrected chi connectivity index (χ3v) is 3.67. The van der Waals surface area contributed by atoms with Crippen LogP contribution in [0.2, 0.25) is 0 Å². The molecule has 0 saturated heterocycles. The highest BCUT2D eigenvalue weighted by Crippen LogP contribution is 2.29. The van der Waals surface area contributed by atoms with Gasteiger partial charge in [0.25, 0.3) is 0 Å². The fourth-order valence-corrected chi connectivity index (χ4v) is 1.51. The zero-order chi connectivity index (χ0) is 16.0. The van der Waals surface area contributed by atoms with Gasteiger partial charge in [0.05, 0.1) is 31.5 Å². The molecule has 4 heteroatoms. The van der Waals surface area contributed by atoms with Gasteiger partial charge in [0.1, 0.15) is 5.41 Å². The van der Waals surface area contributed by atoms with Gasteiger partial charge in [-0.3, -0.25) is 4.79 Å². The van der Waals surface area contributed by atoms with Crippen LogP contribution < -0.4 is 0 Å². The standard InChI is InChI=1S/C16H32O4/c1-9-15(6,7)20-12-16(10-2,13(17)18-8)11-19-14(3,4)5/h9-12H2,1-8H3. The molecule has 0 aromatic carbocycles. The van der Waals surface area contributed by atoms with Crippen molar-refractivity contribution in [1.29, 1.82) is 0 Å². The first-order valence-corrected chi connectivity index (χ1v) is 7.38. The highest BCUT2D eigenvalue weighted by molar-refractivity contribution is 5.77. The predicted molar refractivity (Wildman–Crippen MR) is 80.8 cm³/mol. The van der Waals surface area contributed by atoms with E-state index < -0.39 is 5.41 Å². The van der Waals surface area contributed by atoms with Gasteiger partial charge in [-0.05, 0) is 47.5 Å². The summed E-state index contributed by atoms with van der Waals surface area (Å²) >= 11 is 0. The second kappa shape index (κ2) is 7.41. The van der Waals surface area contributed by atoms with Crippen LogP contribution in [0.15, 0.2) is 0 Å². The molecule has 0 rings (SSSR count). The fourth-order valence-electron chi connectivity index (χ4n) is 1.51. The molecule has 20 heavy (non-hydrogen) atoms. The molecule has 0 bridgehead atoms. The lowest BCUT2D eigenvalue weighted by atomic mass is 9.86. The van der Waals surface area contributed by atoms with Gasteiger partial charge in [0.15, 0.2) is 0 Å². The molecule has 0 saturated carbocycles. The Hall–Kier alpha value is -0.610. The Bertz CT molecular complexity index is 304. The van der Waals surface area contributed by atoms with E-state index in [4.69, 9.17) is 14.2 Å². The Morgan fingerprint density at radius 2 is 1.40 bits per heavy atom. The molecule has 0 aliphatic rings. The van der Waals surface area contributed by atoms with E-state index in [0.717, 1.165) is 6.42 Å². The third kappa shape index (κ3) is 6.23. The van der Waals surface area contributed by atoms with Crippen LogP contribution in [0.3, 0.4) is 0 Å². The number of hydrogen-bond acceptors (Lipinski definition) is 4. The summed E-state index contributed by atoms with van der Waals surface area (Å²) in [4.78, 5) is 12.2. The molecular weight excluding hydrogens is 256 g/mol. The van der Waals surface area contributed by atoms with Gasteiger partial charge in [-0.1, -0.05) is 13.8 Å². The van der Waals surface area contributed by atoms with Gasteiger partial charge in [0.2, 0.25) is 0 Å². The van der Waals surface area contributed by atoms with Crippen molar-refractivity contribution in [1.82, 2.24) is 0 Å². The van der Waals surface area contributed by atoms with Crippen molar-refractivity contribution in [3.8, 4) is 0 Å². The van der Waals surface area contributed by atoms with Gasteiger partial charge in [-0.25, -0.2) is 0 Å². The first-order valence-electron chi connectivity index (χ1n) is 7.38. The average molecular weight is 288 g/mol. The molecule has 0 spiro atoms. The van der Waals surface area contributed by atoms with E-state index in [0.29, 0.717) is 19.6 Å². The zero-order valence-electron chi connectivity index (χ0n) is 14.5. The van der Waals surface area contributed by atoms with Crippen molar-refractivity contribution in [2.24, 2.45) is 5.41 Å². The molecule has 120 valence electrons. The minimum atomic E-state index is -0.742. The van der Waals surface area contributed by atoms with Crippen LogP contribution in [-0.4, -0.2) is 37.5 Å². The highest BCUT2D eigenvalue weighted by atomic mass is 16.5. The number of carbonyl (C=O) groups excluding carboxylic acids is 1. The van der Waals surface area contributed by atoms with Crippen LogP contribution in [0.4, 0.5) is 0 Å². The van der Waals surface area contributed by atoms with Crippen molar-refractivity contribution in [2.45, 2.75) is 72.5 Å². The SMILES string of the molecule is CCC(C)(C)OCC(CC)(COC(C)(C)C)C(=O)OC. The molecule has 0 aliphatic carbocycles. The van der Waals surface area contributed by atoms with Gasteiger partial charge < -0.3 is 14.2 Å². The Labute approximate surface area is 124 Å². The van der Waals surface area contributed by atoms with Gasteiger partial charge in [0, 0.05) is 0 Å². The maximum atomic E-state index is 12.2. The summed E-state index contributed by atoms with van der Waals surface area (Å²) in [5, 5.41) is 0. The van der Waals surface area contributed by atoms with Crippen LogP contribution in [0.25, 0.3) is 0 Å². The first-order chi connectivity index (χ1) is 9.02. The van der Waals surface area contributed by atoms with Crippen molar-refractivity contribution < 1.29 is 19.0 Å². The summed E-state index contributed by atoms with van der Waals surface area (Å²) in [5.74, 6) is -0.267. The summed E-state index contributed by atoms with van der Waals surface area (Å²) in [6, 6.07) is 0. The molecule has 0 aromatic rings. The summed E-state index contributed by atoms with van der Waals surface area (Å²) in [5.41, 5.74) is -1.29. The minimum absolute atomic E-state index is 0.254. The van der Waals surface area contributed by atoms with Crippen LogP contribution in [0.1, 0.15) is 61.3 Å². The van der Waals surface area contributed by atoms with E-state index in [1.807, 2.05) is 41.5 Å². The van der Waals surface area contributed by atoms with E-state index in [2.05, 4.69) is 6.92 Å². The highest BCUT2D eigenvalue weighted by Gasteiger charge is 2.41. The molecule has 4 nitrogen and oxygen atoms in total. The van der Waals surface area contributed by atoms with E-state index in [1.165, 1.54) is 7.11 Å². The smallest absolute Gasteiger partial charge is 0.316 e. The Kier molecular flexibility index (Phi) is 7.19. The quantitative estimate of drug-likeness (QED) is 0.640. The monoisotopic (exact) mass is 288 g/mol. The predicted octanol–water partition coefficient (Wildman–Crippen LogP) is 3.58. The minimum Gasteiger partial charge on any atom is -0.468 e. The number of carbonyl (C=O) groups is 1. The van der Waals surface area contributed by atoms with Gasteiger partial charge >= 0.3 is 5.97 Å². The summed E-state index contributed by atoms with van der Waals surface area (Å²) < 4.78 is 16.7. The zero-order valence-corrected chi connectivity index (χ0v) is 14.5. The van der Waals surface area contributed by atoms with E-state index in [-0.39, 0.29) is 17.2 Å². The van der Waals surface area contributed by atoms with E-state index in [9.17, 15) is 4.79 Å². The van der Waals surface area contributed by atoms with Crippen LogP contribution in [0, 0.1) is 5.41 Å². The largest absolute Gasteiger partial charge is 0.468 e. The molecule has 0 fully saturated rings. The molecule has 1 unspecified atom stereocenters. The fraction of sp³-hybridized carbons (Fsp3) is 0.938. The molecule has 0 radical (unpaired) electrons. The second-order valence-electron chi connectivity index (χ2n) is 6.93. The second-order valence-corrected chi connectivity index (χ2v) is 6.93. The molecule has 0 aliphatic heterocycles. The molecular formula is C16H32O4. The maximum Gasteiger partial charge on any atom is 0.316 e. The van der Waals surface area contributed by atoms with Gasteiger partial charge in [-0.2, -0.15) is 0 Å². The van der Waals surface area contributed by atoms with Crippen molar-refractivity contribution in [2.75, 3.05) is 20.3 Å². The lowest BCUT2D eigenvalue weighted by molar-refractivity contribution is -0.173. The van der Waals surface area contributed by atoms with Crippen LogP contribution in [0.5, 0.6) is 0 Å². The molecule has 0 N–H and O–H groups in total. The maximum absolute atomic E-state index is 12.2. The molecule has 1 atom stereocenters.